The maximum absolute atomic E-state index is 12.1. The first kappa shape index (κ1) is 97.1. The zero-order valence-electron chi connectivity index (χ0n) is 77.5. The molecule has 20 rings (SSSR count). The Morgan fingerprint density at radius 1 is 0.355 bits per heavy atom. The van der Waals surface area contributed by atoms with Gasteiger partial charge in [0.1, 0.15) is 18.4 Å². The van der Waals surface area contributed by atoms with Crippen molar-refractivity contribution in [2.75, 3.05) is 143 Å². The molecule has 0 aliphatic carbocycles. The number of ether oxygens (including phenoxy) is 1. The van der Waals surface area contributed by atoms with Gasteiger partial charge in [0.05, 0.1) is 60.1 Å². The lowest BCUT2D eigenvalue weighted by molar-refractivity contribution is 0.1000. The van der Waals surface area contributed by atoms with E-state index in [0.717, 1.165) is 139 Å². The number of rotatable bonds is 22. The number of amides is 1. The number of benzene rings is 7. The molecule has 0 aliphatic heterocycles. The van der Waals surface area contributed by atoms with Crippen LogP contribution < -0.4 is 61.6 Å². The zero-order valence-corrected chi connectivity index (χ0v) is 84.7. The van der Waals surface area contributed by atoms with Crippen molar-refractivity contribution < 1.29 is 17.9 Å². The van der Waals surface area contributed by atoms with Gasteiger partial charge >= 0.3 is 0 Å². The van der Waals surface area contributed by atoms with E-state index >= 15 is 0 Å². The predicted molar refractivity (Wildman–Crippen MR) is 564 cm³/mol. The van der Waals surface area contributed by atoms with Gasteiger partial charge in [-0.15, -0.1) is 0 Å². The Bertz CT molecular complexity index is 7670. The Labute approximate surface area is 829 Å². The molecule has 0 atom stereocenters. The number of anilines is 15. The standard InChI is InChI=1S/C21H20N6O.C19H17BrN6.C15H15BrN4O.C15H17N5.C14H14BrN5O2S.C14H14BrN5/c1-26(2)17-8-4-7-16(12-17)25-20-21-24-13-18(27(21)10-9-23-20)14-5-3-6-15(11-14)19(22)28;1-25(2)15-7-3-6-14(9-15)23-18-19-22-11-16(13-5-4-8-21-10-13)26(19)12-17(20)24-18;1-19(2)11-6-4-10(5-7-11)12-8-17-14-15(21-3)18-13(16)9-20(12)14;1-11-10-17-15-14(16-7-8-20(11)15)18-12-5-4-6-13(9-12)19(2)3;1-19(2)23(21,22)11-5-3-10(4-6-11)18-13-14-17-9-12(15)20(14)8-7-16-13;1-19(2)11-5-3-4-10(8-11)18-13-14-17-9-12(15)20(14)7-6-16-13/h3-13H,1-2H3,(H2,22,28)(H,23,25);3-12H,1-2H3,(H,23,24);4-9H,1-3H3;4-10H,1-3H3,(H,16,18);3-9H,1-2H3,(H,16,18);3-9H,1-2H3,(H,16,18). The van der Waals surface area contributed by atoms with Crippen molar-refractivity contribution in [2.24, 2.45) is 5.73 Å². The van der Waals surface area contributed by atoms with Crippen LogP contribution in [0.15, 0.2) is 317 Å². The minimum atomic E-state index is -3.43. The number of carbonyl (C=O) groups excluding carboxylic acids is 1. The average Bonchev–Trinajstić information content (AvgIpc) is 1.63. The molecule has 13 aromatic heterocycles. The Morgan fingerprint density at radius 2 is 0.739 bits per heavy atom. The fourth-order valence-electron chi connectivity index (χ4n) is 14.2. The third kappa shape index (κ3) is 22.8. The summed E-state index contributed by atoms with van der Waals surface area (Å²) in [5.41, 5.74) is 27.4. The topological polar surface area (TPSA) is 360 Å². The molecule has 0 saturated heterocycles. The molecule has 0 spiro atoms. The van der Waals surface area contributed by atoms with E-state index in [1.165, 1.54) is 18.4 Å². The summed E-state index contributed by atoms with van der Waals surface area (Å²) in [6.07, 6.45) is 32.4. The van der Waals surface area contributed by atoms with E-state index in [0.29, 0.717) is 50.4 Å². The Morgan fingerprint density at radius 3 is 1.20 bits per heavy atom. The summed E-state index contributed by atoms with van der Waals surface area (Å²) in [4.78, 5) is 79.1. The minimum absolute atomic E-state index is 0.239. The molecule has 20 aromatic rings. The van der Waals surface area contributed by atoms with Gasteiger partial charge in [-0.05, 0) is 204 Å². The van der Waals surface area contributed by atoms with Crippen molar-refractivity contribution in [1.29, 1.82) is 0 Å². The summed E-state index contributed by atoms with van der Waals surface area (Å²) in [5, 5.41) is 16.5. The molecule has 0 radical (unpaired) electrons. The minimum Gasteiger partial charge on any atom is -0.478 e. The lowest BCUT2D eigenvalue weighted by atomic mass is 10.1. The van der Waals surface area contributed by atoms with E-state index in [1.54, 1.807) is 99.3 Å². The summed E-state index contributed by atoms with van der Waals surface area (Å²) in [5.74, 6) is 3.45. The smallest absolute Gasteiger partial charge is 0.259 e. The number of pyridine rings is 1. The number of carbonyl (C=O) groups is 1. The van der Waals surface area contributed by atoms with E-state index in [1.807, 2.05) is 249 Å². The molecular weight excluding hydrogens is 2030 g/mol. The summed E-state index contributed by atoms with van der Waals surface area (Å²) in [7, 11) is 21.3. The number of aromatic nitrogens is 19. The Hall–Kier alpha value is -15.5. The molecule has 0 saturated carbocycles. The monoisotopic (exact) mass is 2120 g/mol. The molecule has 40 heteroatoms. The van der Waals surface area contributed by atoms with Crippen molar-refractivity contribution in [3.05, 3.63) is 323 Å². The number of aryl methyl sites for hydroxylation is 1. The van der Waals surface area contributed by atoms with Gasteiger partial charge < -0.3 is 61.6 Å². The van der Waals surface area contributed by atoms with Crippen LogP contribution in [0.25, 0.3) is 67.7 Å². The lowest BCUT2D eigenvalue weighted by Crippen LogP contribution is -2.22. The maximum Gasteiger partial charge on any atom is 0.259 e. The molecule has 0 unspecified atom stereocenters. The fourth-order valence-corrected chi connectivity index (χ4v) is 16.6. The van der Waals surface area contributed by atoms with Crippen molar-refractivity contribution in [3.8, 4) is 39.7 Å². The van der Waals surface area contributed by atoms with E-state index in [9.17, 15) is 13.2 Å². The van der Waals surface area contributed by atoms with E-state index in [-0.39, 0.29) is 4.90 Å². The van der Waals surface area contributed by atoms with E-state index in [2.05, 4.69) is 235 Å². The highest BCUT2D eigenvalue weighted by atomic mass is 79.9. The zero-order chi connectivity index (χ0) is 97.6. The molecular formula is C98H97Br4N31O4S. The predicted octanol–water partition coefficient (Wildman–Crippen LogP) is 19.5. The Kier molecular flexibility index (Phi) is 30.6. The van der Waals surface area contributed by atoms with E-state index < -0.39 is 15.9 Å². The van der Waals surface area contributed by atoms with Crippen LogP contribution in [0.3, 0.4) is 0 Å². The van der Waals surface area contributed by atoms with Crippen LogP contribution in [0, 0.1) is 6.92 Å². The maximum atomic E-state index is 12.1. The van der Waals surface area contributed by atoms with E-state index in [4.69, 9.17) is 10.5 Å². The second-order valence-corrected chi connectivity index (χ2v) is 37.5. The molecule has 1 amide bonds. The van der Waals surface area contributed by atoms with Crippen LogP contribution in [-0.2, 0) is 10.0 Å². The first-order chi connectivity index (χ1) is 66.4. The van der Waals surface area contributed by atoms with Crippen LogP contribution in [0.4, 0.5) is 86.0 Å². The van der Waals surface area contributed by atoms with Gasteiger partial charge in [0, 0.05) is 250 Å². The van der Waals surface area contributed by atoms with Crippen molar-refractivity contribution in [2.45, 2.75) is 11.8 Å². The summed E-state index contributed by atoms with van der Waals surface area (Å²) < 4.78 is 45.4. The number of primary amides is 1. The Balaban J connectivity index is 0.000000126. The second kappa shape index (κ2) is 43.5. The van der Waals surface area contributed by atoms with Crippen molar-refractivity contribution in [1.82, 2.24) is 95.5 Å². The number of imidazole rings is 6. The van der Waals surface area contributed by atoms with Crippen LogP contribution in [0.2, 0.25) is 0 Å². The number of sulfonamides is 1. The molecule has 0 fully saturated rings. The number of fused-ring (bicyclic) bond motifs is 6. The van der Waals surface area contributed by atoms with Crippen LogP contribution in [-0.4, -0.2) is 202 Å². The second-order valence-electron chi connectivity index (χ2n) is 32.1. The van der Waals surface area contributed by atoms with Gasteiger partial charge in [-0.25, -0.2) is 72.5 Å². The molecule has 0 bridgehead atoms. The van der Waals surface area contributed by atoms with Crippen LogP contribution in [0.1, 0.15) is 16.1 Å². The van der Waals surface area contributed by atoms with Crippen molar-refractivity contribution >= 4 is 199 Å². The van der Waals surface area contributed by atoms with Gasteiger partial charge in [-0.2, -0.15) is 0 Å². The van der Waals surface area contributed by atoms with Crippen molar-refractivity contribution in [3.63, 3.8) is 0 Å². The van der Waals surface area contributed by atoms with Gasteiger partial charge in [0.2, 0.25) is 21.6 Å². The lowest BCUT2D eigenvalue weighted by Gasteiger charge is -2.14. The summed E-state index contributed by atoms with van der Waals surface area (Å²) in [6.45, 7) is 2.02. The third-order valence-electron chi connectivity index (χ3n) is 21.4. The highest BCUT2D eigenvalue weighted by Gasteiger charge is 2.21. The molecule has 13 heterocycles. The molecule has 0 aliphatic rings. The van der Waals surface area contributed by atoms with Gasteiger partial charge in [-0.3, -0.25) is 36.2 Å². The first-order valence-electron chi connectivity index (χ1n) is 42.7. The number of nitrogens with two attached hydrogens (primary N) is 1. The molecule has 7 aromatic carbocycles. The van der Waals surface area contributed by atoms with Gasteiger partial charge in [0.25, 0.3) is 5.88 Å². The normalized spacial score (nSPS) is 11.0. The molecule has 138 heavy (non-hydrogen) atoms. The molecule has 702 valence electrons. The molecule has 7 N–H and O–H groups in total. The number of methoxy groups -OCH3 is 1. The van der Waals surface area contributed by atoms with Crippen LogP contribution >= 0.6 is 63.7 Å². The first-order valence-corrected chi connectivity index (χ1v) is 47.3. The number of nitrogens with one attached hydrogen (secondary N) is 5. The average molecular weight is 2120 g/mol. The quantitative estimate of drug-likeness (QED) is 0.0367. The highest BCUT2D eigenvalue weighted by molar-refractivity contribution is 9.11. The molecule has 35 nitrogen and oxygen atoms in total. The fraction of sp³-hybridized carbons (Fsp3) is 0.143. The number of hydrogen-bond donors (Lipinski definition) is 6. The highest BCUT2D eigenvalue weighted by Crippen LogP contribution is 2.35. The number of hydrogen-bond acceptors (Lipinski definition) is 27. The number of halogens is 4. The SMILES string of the molecule is CN(C)S(=O)(=O)c1ccc(Nc2nccn3c(Br)cnc23)cc1.CN(C)c1cccc(Nc2nc(Br)cn3c(-c4cccnc4)cnc23)c1.CN(C)c1cccc(Nc2nccn3c(-c4cccc(C(N)=O)c4)cnc23)c1.CN(C)c1cccc(Nc2nccn3c(Br)cnc23)c1.COc1nc(Br)cn2c(-c3ccc(N(C)C)cc3)cnc12.Cc1cnc2c(Nc3cccc(N(C)C)c3)nccn12. The van der Waals surface area contributed by atoms with Gasteiger partial charge in [0.15, 0.2) is 57.3 Å². The summed E-state index contributed by atoms with van der Waals surface area (Å²) in [6, 6.07) is 58.5. The summed E-state index contributed by atoms with van der Waals surface area (Å²) >= 11 is 13.8. The van der Waals surface area contributed by atoms with Gasteiger partial charge in [-0.1, -0.05) is 48.5 Å². The number of nitrogens with zero attached hydrogens (tertiary/aromatic N) is 25. The largest absolute Gasteiger partial charge is 0.478 e. The third-order valence-corrected chi connectivity index (χ3v) is 25.1. The van der Waals surface area contributed by atoms with Crippen LogP contribution in [0.5, 0.6) is 5.88 Å².